The number of nitrogen functional groups attached to an aromatic ring is 1. The molecule has 0 bridgehead atoms. The monoisotopic (exact) mass is 240 g/mol. The summed E-state index contributed by atoms with van der Waals surface area (Å²) in [4.78, 5) is 4.13. The number of nitrogens with one attached hydrogen (secondary N) is 1. The fraction of sp³-hybridized carbons (Fsp3) is 0.0769. The van der Waals surface area contributed by atoms with Crippen LogP contribution in [0.3, 0.4) is 0 Å². The Morgan fingerprint density at radius 1 is 1.33 bits per heavy atom. The molecule has 0 atom stereocenters. The number of pyridine rings is 1. The van der Waals surface area contributed by atoms with E-state index >= 15 is 0 Å². The predicted molar refractivity (Wildman–Crippen MR) is 69.6 cm³/mol. The van der Waals surface area contributed by atoms with Crippen molar-refractivity contribution in [2.45, 2.75) is 0 Å². The van der Waals surface area contributed by atoms with E-state index in [4.69, 9.17) is 15.7 Å². The molecule has 3 N–H and O–H groups in total. The van der Waals surface area contributed by atoms with E-state index in [0.29, 0.717) is 22.8 Å². The van der Waals surface area contributed by atoms with Crippen molar-refractivity contribution < 1.29 is 4.74 Å². The molecule has 1 heterocycles. The number of nitrogens with two attached hydrogens (primary N) is 1. The number of benzene rings is 1. The second-order valence-electron chi connectivity index (χ2n) is 3.63. The summed E-state index contributed by atoms with van der Waals surface area (Å²) in [6, 6.07) is 10.7. The van der Waals surface area contributed by atoms with Crippen molar-refractivity contribution in [3.05, 3.63) is 42.1 Å². The molecule has 0 saturated carbocycles. The zero-order valence-corrected chi connectivity index (χ0v) is 9.84. The molecule has 18 heavy (non-hydrogen) atoms. The van der Waals surface area contributed by atoms with E-state index in [0.717, 1.165) is 5.69 Å². The standard InChI is InChI=1S/C13H12N4O/c1-18-12-6-9(7-14)2-4-11(12)17-13-5-3-10(15)8-16-13/h2-6,8H,15H2,1H3,(H,16,17). The van der Waals surface area contributed by atoms with Crippen molar-refractivity contribution in [1.82, 2.24) is 4.98 Å². The molecule has 5 heteroatoms. The zero-order valence-electron chi connectivity index (χ0n) is 9.84. The summed E-state index contributed by atoms with van der Waals surface area (Å²) >= 11 is 0. The maximum atomic E-state index is 8.82. The largest absolute Gasteiger partial charge is 0.495 e. The van der Waals surface area contributed by atoms with Crippen LogP contribution in [-0.2, 0) is 0 Å². The highest BCUT2D eigenvalue weighted by atomic mass is 16.5. The lowest BCUT2D eigenvalue weighted by Crippen LogP contribution is -1.97. The summed E-state index contributed by atoms with van der Waals surface area (Å²) in [6.07, 6.45) is 1.57. The van der Waals surface area contributed by atoms with Gasteiger partial charge in [-0.25, -0.2) is 4.98 Å². The number of hydrogen-bond donors (Lipinski definition) is 2. The lowest BCUT2D eigenvalue weighted by Gasteiger charge is -2.10. The molecule has 5 nitrogen and oxygen atoms in total. The molecular formula is C13H12N4O. The predicted octanol–water partition coefficient (Wildman–Crippen LogP) is 2.29. The summed E-state index contributed by atoms with van der Waals surface area (Å²) in [7, 11) is 1.55. The fourth-order valence-electron chi connectivity index (χ4n) is 1.48. The van der Waals surface area contributed by atoms with Crippen LogP contribution in [0.2, 0.25) is 0 Å². The van der Waals surface area contributed by atoms with Gasteiger partial charge in [0.25, 0.3) is 0 Å². The van der Waals surface area contributed by atoms with Gasteiger partial charge in [-0.2, -0.15) is 5.26 Å². The summed E-state index contributed by atoms with van der Waals surface area (Å²) < 4.78 is 5.22. The molecule has 0 fully saturated rings. The Bertz CT molecular complexity index is 587. The van der Waals surface area contributed by atoms with Gasteiger partial charge in [0.1, 0.15) is 11.6 Å². The molecule has 2 rings (SSSR count). The van der Waals surface area contributed by atoms with Gasteiger partial charge in [0.05, 0.1) is 36.3 Å². The molecule has 0 aliphatic heterocycles. The van der Waals surface area contributed by atoms with E-state index < -0.39 is 0 Å². The van der Waals surface area contributed by atoms with Crippen molar-refractivity contribution in [3.63, 3.8) is 0 Å². The summed E-state index contributed by atoms with van der Waals surface area (Å²) in [5, 5.41) is 11.9. The minimum Gasteiger partial charge on any atom is -0.495 e. The molecule has 0 aliphatic rings. The fourth-order valence-corrected chi connectivity index (χ4v) is 1.48. The number of rotatable bonds is 3. The quantitative estimate of drug-likeness (QED) is 0.859. The van der Waals surface area contributed by atoms with Gasteiger partial charge < -0.3 is 15.8 Å². The van der Waals surface area contributed by atoms with Crippen molar-refractivity contribution in [2.75, 3.05) is 18.2 Å². The molecule has 0 aliphatic carbocycles. The SMILES string of the molecule is COc1cc(C#N)ccc1Nc1ccc(N)cn1. The first-order chi connectivity index (χ1) is 8.72. The van der Waals surface area contributed by atoms with Crippen LogP contribution in [0, 0.1) is 11.3 Å². The van der Waals surface area contributed by atoms with Gasteiger partial charge in [0, 0.05) is 6.07 Å². The van der Waals surface area contributed by atoms with E-state index in [2.05, 4.69) is 16.4 Å². The minimum absolute atomic E-state index is 0.544. The van der Waals surface area contributed by atoms with Crippen molar-refractivity contribution in [3.8, 4) is 11.8 Å². The molecule has 0 saturated heterocycles. The van der Waals surface area contributed by atoms with Crippen LogP contribution in [0.1, 0.15) is 5.56 Å². The summed E-state index contributed by atoms with van der Waals surface area (Å²) in [5.74, 6) is 1.25. The molecule has 1 aromatic carbocycles. The maximum absolute atomic E-state index is 8.82. The number of nitriles is 1. The van der Waals surface area contributed by atoms with E-state index in [1.165, 1.54) is 0 Å². The van der Waals surface area contributed by atoms with Crippen LogP contribution >= 0.6 is 0 Å². The van der Waals surface area contributed by atoms with Crippen LogP contribution in [0.5, 0.6) is 5.75 Å². The second-order valence-corrected chi connectivity index (χ2v) is 3.63. The zero-order chi connectivity index (χ0) is 13.0. The Kier molecular flexibility index (Phi) is 3.30. The van der Waals surface area contributed by atoms with Gasteiger partial charge in [-0.15, -0.1) is 0 Å². The van der Waals surface area contributed by atoms with Crippen LogP contribution in [0.15, 0.2) is 36.5 Å². The molecule has 0 unspecified atom stereocenters. The number of hydrogen-bond acceptors (Lipinski definition) is 5. The van der Waals surface area contributed by atoms with Crippen molar-refractivity contribution in [2.24, 2.45) is 0 Å². The van der Waals surface area contributed by atoms with Crippen LogP contribution in [0.4, 0.5) is 17.2 Å². The number of aromatic nitrogens is 1. The average Bonchev–Trinajstić information content (AvgIpc) is 2.41. The molecule has 0 amide bonds. The smallest absolute Gasteiger partial charge is 0.143 e. The summed E-state index contributed by atoms with van der Waals surface area (Å²) in [5.41, 5.74) is 7.46. The van der Waals surface area contributed by atoms with Gasteiger partial charge in [-0.3, -0.25) is 0 Å². The van der Waals surface area contributed by atoms with E-state index in [1.807, 2.05) is 0 Å². The van der Waals surface area contributed by atoms with Gasteiger partial charge >= 0.3 is 0 Å². The van der Waals surface area contributed by atoms with Crippen LogP contribution in [-0.4, -0.2) is 12.1 Å². The number of methoxy groups -OCH3 is 1. The lowest BCUT2D eigenvalue weighted by atomic mass is 10.2. The summed E-state index contributed by atoms with van der Waals surface area (Å²) in [6.45, 7) is 0. The molecule has 1 aromatic heterocycles. The Labute approximate surface area is 105 Å². The topological polar surface area (TPSA) is 84.0 Å². The third-order valence-electron chi connectivity index (χ3n) is 2.38. The highest BCUT2D eigenvalue weighted by Gasteiger charge is 2.05. The Morgan fingerprint density at radius 3 is 2.78 bits per heavy atom. The maximum Gasteiger partial charge on any atom is 0.143 e. The van der Waals surface area contributed by atoms with E-state index in [1.54, 1.807) is 43.6 Å². The molecular weight excluding hydrogens is 228 g/mol. The van der Waals surface area contributed by atoms with Crippen molar-refractivity contribution in [1.29, 1.82) is 5.26 Å². The van der Waals surface area contributed by atoms with Crippen LogP contribution < -0.4 is 15.8 Å². The molecule has 90 valence electrons. The Balaban J connectivity index is 2.29. The number of anilines is 3. The highest BCUT2D eigenvalue weighted by molar-refractivity contribution is 5.66. The average molecular weight is 240 g/mol. The first kappa shape index (κ1) is 11.7. The normalized spacial score (nSPS) is 9.56. The first-order valence-corrected chi connectivity index (χ1v) is 5.29. The molecule has 2 aromatic rings. The minimum atomic E-state index is 0.544. The third kappa shape index (κ3) is 2.50. The number of ether oxygens (including phenoxy) is 1. The van der Waals surface area contributed by atoms with E-state index in [9.17, 15) is 0 Å². The molecule has 0 spiro atoms. The Morgan fingerprint density at radius 2 is 2.17 bits per heavy atom. The molecule has 0 radical (unpaired) electrons. The highest BCUT2D eigenvalue weighted by Crippen LogP contribution is 2.27. The lowest BCUT2D eigenvalue weighted by molar-refractivity contribution is 0.416. The third-order valence-corrected chi connectivity index (χ3v) is 2.38. The van der Waals surface area contributed by atoms with Crippen molar-refractivity contribution >= 4 is 17.2 Å². The van der Waals surface area contributed by atoms with E-state index in [-0.39, 0.29) is 0 Å². The van der Waals surface area contributed by atoms with Gasteiger partial charge in [0.2, 0.25) is 0 Å². The number of nitrogens with zero attached hydrogens (tertiary/aromatic N) is 2. The van der Waals surface area contributed by atoms with Gasteiger partial charge in [-0.1, -0.05) is 0 Å². The second kappa shape index (κ2) is 5.06. The Hall–Kier alpha value is -2.74. The first-order valence-electron chi connectivity index (χ1n) is 5.29. The van der Waals surface area contributed by atoms with Gasteiger partial charge in [0.15, 0.2) is 0 Å². The van der Waals surface area contributed by atoms with Crippen LogP contribution in [0.25, 0.3) is 0 Å². The van der Waals surface area contributed by atoms with Gasteiger partial charge in [-0.05, 0) is 24.3 Å².